The second-order valence-electron chi connectivity index (χ2n) is 5.23. The van der Waals surface area contributed by atoms with Gasteiger partial charge in [-0.05, 0) is 31.0 Å². The van der Waals surface area contributed by atoms with Crippen LogP contribution in [-0.4, -0.2) is 5.97 Å². The molecular weight excluding hydrogens is 248 g/mol. The summed E-state index contributed by atoms with van der Waals surface area (Å²) in [7, 11) is 0. The van der Waals surface area contributed by atoms with E-state index in [-0.39, 0.29) is 11.9 Å². The summed E-state index contributed by atoms with van der Waals surface area (Å²) in [4.78, 5) is 12.3. The van der Waals surface area contributed by atoms with Crippen LogP contribution in [0.15, 0.2) is 43.0 Å². The van der Waals surface area contributed by atoms with Crippen molar-refractivity contribution >= 4 is 12.0 Å². The molecule has 0 spiro atoms. The zero-order chi connectivity index (χ0) is 14.3. The molecule has 0 saturated heterocycles. The van der Waals surface area contributed by atoms with Gasteiger partial charge in [-0.15, -0.1) is 0 Å². The van der Waals surface area contributed by atoms with Gasteiger partial charge >= 0.3 is 5.97 Å². The van der Waals surface area contributed by atoms with Gasteiger partial charge in [0.1, 0.15) is 11.7 Å². The Morgan fingerprint density at radius 1 is 1.05 bits per heavy atom. The normalized spacial score (nSPS) is 16.7. The Labute approximate surface area is 118 Å². The highest BCUT2D eigenvalue weighted by atomic mass is 16.5. The summed E-state index contributed by atoms with van der Waals surface area (Å²) in [5, 5.41) is 0. The fourth-order valence-electron chi connectivity index (χ4n) is 2.71. The molecule has 1 aliphatic rings. The molecule has 0 N–H and O–H groups in total. The maximum Gasteiger partial charge on any atom is 0.323 e. The van der Waals surface area contributed by atoms with Crippen LogP contribution in [0.1, 0.15) is 33.7 Å². The molecule has 1 atom stereocenters. The SMILES string of the molecule is C=Cc1ccc(C)cc1C1C(=O)Oc2ccc(C)cc21. The molecule has 0 bridgehead atoms. The Balaban J connectivity index is 2.21. The van der Waals surface area contributed by atoms with Crippen LogP contribution >= 0.6 is 0 Å². The molecule has 0 fully saturated rings. The third-order valence-corrected chi connectivity index (χ3v) is 3.70. The third kappa shape index (κ3) is 1.94. The molecule has 0 saturated carbocycles. The van der Waals surface area contributed by atoms with Crippen molar-refractivity contribution in [2.45, 2.75) is 19.8 Å². The van der Waals surface area contributed by atoms with E-state index in [1.165, 1.54) is 0 Å². The summed E-state index contributed by atoms with van der Waals surface area (Å²) in [5.41, 5.74) is 5.14. The van der Waals surface area contributed by atoms with E-state index in [1.807, 2.05) is 50.2 Å². The molecule has 3 rings (SSSR count). The Bertz CT molecular complexity index is 713. The summed E-state index contributed by atoms with van der Waals surface area (Å²) in [6, 6.07) is 11.9. The van der Waals surface area contributed by atoms with Crippen LogP contribution in [-0.2, 0) is 4.79 Å². The summed E-state index contributed by atoms with van der Waals surface area (Å²) in [6.07, 6.45) is 1.79. The van der Waals surface area contributed by atoms with Crippen molar-refractivity contribution in [3.8, 4) is 5.75 Å². The van der Waals surface area contributed by atoms with Crippen LogP contribution in [0.4, 0.5) is 0 Å². The van der Waals surface area contributed by atoms with Gasteiger partial charge in [-0.1, -0.05) is 54.1 Å². The van der Waals surface area contributed by atoms with E-state index in [0.717, 1.165) is 27.8 Å². The molecule has 2 aromatic rings. The molecule has 1 aliphatic heterocycles. The fraction of sp³-hybridized carbons (Fsp3) is 0.167. The summed E-state index contributed by atoms with van der Waals surface area (Å²) < 4.78 is 5.39. The van der Waals surface area contributed by atoms with Gasteiger partial charge < -0.3 is 4.74 Å². The fourth-order valence-corrected chi connectivity index (χ4v) is 2.71. The second-order valence-corrected chi connectivity index (χ2v) is 5.23. The molecule has 2 heteroatoms. The van der Waals surface area contributed by atoms with E-state index >= 15 is 0 Å². The zero-order valence-electron chi connectivity index (χ0n) is 11.6. The van der Waals surface area contributed by atoms with Gasteiger partial charge in [-0.25, -0.2) is 0 Å². The number of hydrogen-bond acceptors (Lipinski definition) is 2. The van der Waals surface area contributed by atoms with Crippen molar-refractivity contribution in [1.82, 2.24) is 0 Å². The highest BCUT2D eigenvalue weighted by Crippen LogP contribution is 2.41. The number of esters is 1. The Morgan fingerprint density at radius 3 is 2.40 bits per heavy atom. The molecule has 1 unspecified atom stereocenters. The number of aryl methyl sites for hydroxylation is 2. The molecule has 0 amide bonds. The number of fused-ring (bicyclic) bond motifs is 1. The maximum atomic E-state index is 12.3. The highest BCUT2D eigenvalue weighted by Gasteiger charge is 2.35. The quantitative estimate of drug-likeness (QED) is 0.605. The first-order chi connectivity index (χ1) is 9.60. The largest absolute Gasteiger partial charge is 0.425 e. The topological polar surface area (TPSA) is 26.3 Å². The predicted octanol–water partition coefficient (Wildman–Crippen LogP) is 4.00. The molecule has 0 aromatic heterocycles. The summed E-state index contributed by atoms with van der Waals surface area (Å²) in [5.74, 6) is 0.110. The monoisotopic (exact) mass is 264 g/mol. The summed E-state index contributed by atoms with van der Waals surface area (Å²) >= 11 is 0. The molecule has 0 radical (unpaired) electrons. The van der Waals surface area contributed by atoms with Crippen LogP contribution in [0.25, 0.3) is 6.08 Å². The smallest absolute Gasteiger partial charge is 0.323 e. The Morgan fingerprint density at radius 2 is 1.70 bits per heavy atom. The van der Waals surface area contributed by atoms with Gasteiger partial charge in [-0.3, -0.25) is 4.79 Å². The van der Waals surface area contributed by atoms with E-state index in [9.17, 15) is 4.79 Å². The number of carbonyl (C=O) groups is 1. The molecule has 20 heavy (non-hydrogen) atoms. The van der Waals surface area contributed by atoms with Crippen molar-refractivity contribution in [3.05, 3.63) is 70.8 Å². The lowest BCUT2D eigenvalue weighted by Gasteiger charge is -2.13. The molecule has 1 heterocycles. The minimum atomic E-state index is -0.349. The lowest BCUT2D eigenvalue weighted by Crippen LogP contribution is -2.13. The van der Waals surface area contributed by atoms with Crippen molar-refractivity contribution in [2.75, 3.05) is 0 Å². The van der Waals surface area contributed by atoms with Gasteiger partial charge in [0.15, 0.2) is 0 Å². The van der Waals surface area contributed by atoms with E-state index in [2.05, 4.69) is 6.58 Å². The average Bonchev–Trinajstić information content (AvgIpc) is 2.74. The van der Waals surface area contributed by atoms with Crippen LogP contribution < -0.4 is 4.74 Å². The first kappa shape index (κ1) is 12.7. The Kier molecular flexibility index (Phi) is 2.94. The van der Waals surface area contributed by atoms with Gasteiger partial charge in [0, 0.05) is 5.56 Å². The molecule has 0 aliphatic carbocycles. The van der Waals surface area contributed by atoms with Crippen LogP contribution in [0, 0.1) is 13.8 Å². The average molecular weight is 264 g/mol. The number of rotatable bonds is 2. The van der Waals surface area contributed by atoms with Crippen molar-refractivity contribution in [2.24, 2.45) is 0 Å². The molecule has 100 valence electrons. The van der Waals surface area contributed by atoms with Crippen molar-refractivity contribution in [1.29, 1.82) is 0 Å². The van der Waals surface area contributed by atoms with Gasteiger partial charge in [0.05, 0.1) is 0 Å². The van der Waals surface area contributed by atoms with E-state index < -0.39 is 0 Å². The second kappa shape index (κ2) is 4.64. The first-order valence-corrected chi connectivity index (χ1v) is 6.65. The van der Waals surface area contributed by atoms with Crippen LogP contribution in [0.2, 0.25) is 0 Å². The maximum absolute atomic E-state index is 12.3. The lowest BCUT2D eigenvalue weighted by molar-refractivity contribution is -0.133. The van der Waals surface area contributed by atoms with Gasteiger partial charge in [-0.2, -0.15) is 0 Å². The minimum absolute atomic E-state index is 0.209. The predicted molar refractivity (Wildman–Crippen MR) is 79.9 cm³/mol. The van der Waals surface area contributed by atoms with E-state index in [0.29, 0.717) is 5.75 Å². The number of benzene rings is 2. The Hall–Kier alpha value is -2.35. The lowest BCUT2D eigenvalue weighted by atomic mass is 9.87. The van der Waals surface area contributed by atoms with Crippen molar-refractivity contribution in [3.63, 3.8) is 0 Å². The van der Waals surface area contributed by atoms with Crippen molar-refractivity contribution < 1.29 is 9.53 Å². The van der Waals surface area contributed by atoms with E-state index in [4.69, 9.17) is 4.74 Å². The number of hydrogen-bond donors (Lipinski definition) is 0. The molecular formula is C18H16O2. The third-order valence-electron chi connectivity index (χ3n) is 3.70. The minimum Gasteiger partial charge on any atom is -0.425 e. The standard InChI is InChI=1S/C18H16O2/c1-4-13-7-5-11(2)9-14(13)17-15-10-12(3)6-8-16(15)20-18(17)19/h4-10,17H,1H2,2-3H3. The molecule has 2 aromatic carbocycles. The highest BCUT2D eigenvalue weighted by molar-refractivity contribution is 5.90. The van der Waals surface area contributed by atoms with Crippen LogP contribution in [0.3, 0.4) is 0 Å². The summed E-state index contributed by atoms with van der Waals surface area (Å²) in [6.45, 7) is 7.88. The molecule has 2 nitrogen and oxygen atoms in total. The zero-order valence-corrected chi connectivity index (χ0v) is 11.6. The van der Waals surface area contributed by atoms with Gasteiger partial charge in [0.25, 0.3) is 0 Å². The van der Waals surface area contributed by atoms with Gasteiger partial charge in [0.2, 0.25) is 0 Å². The number of ether oxygens (including phenoxy) is 1. The van der Waals surface area contributed by atoms with Crippen LogP contribution in [0.5, 0.6) is 5.75 Å². The number of carbonyl (C=O) groups excluding carboxylic acids is 1. The first-order valence-electron chi connectivity index (χ1n) is 6.65. The van der Waals surface area contributed by atoms with E-state index in [1.54, 1.807) is 6.08 Å².